The van der Waals surface area contributed by atoms with Crippen molar-refractivity contribution in [2.45, 2.75) is 13.3 Å². The molecule has 2 aliphatic carbocycles. The van der Waals surface area contributed by atoms with E-state index in [0.717, 1.165) is 6.42 Å². The minimum Gasteiger partial charge on any atom is -0.506 e. The standard InChI is InChI=1S/C21H18N2O5/c1-2-28-21(27)15(10-22)18(24)11-5-7-14(8-6-11)23-19(25)16-12-3-4-13(9-12)17(16)20(23)26/h3-8,12-13,16-17,24H,2,9H2,1H3/b18-15-/t12-,13-,16-,17+/m0/s1. The first kappa shape index (κ1) is 18.0. The molecule has 7 heteroatoms. The molecule has 3 aliphatic rings. The summed E-state index contributed by atoms with van der Waals surface area (Å²) >= 11 is 0. The molecule has 4 atom stereocenters. The molecular formula is C21H18N2O5. The zero-order valence-corrected chi connectivity index (χ0v) is 15.2. The largest absolute Gasteiger partial charge is 0.506 e. The number of amides is 2. The topological polar surface area (TPSA) is 108 Å². The van der Waals surface area contributed by atoms with Crippen LogP contribution < -0.4 is 4.90 Å². The minimum absolute atomic E-state index is 0.0780. The van der Waals surface area contributed by atoms with Crippen LogP contribution in [0.2, 0.25) is 0 Å². The lowest BCUT2D eigenvalue weighted by molar-refractivity contribution is -0.138. The molecule has 1 saturated heterocycles. The zero-order valence-electron chi connectivity index (χ0n) is 15.2. The first-order valence-electron chi connectivity index (χ1n) is 9.15. The maximum atomic E-state index is 12.8. The molecule has 1 aliphatic heterocycles. The number of nitrogens with zero attached hydrogens (tertiary/aromatic N) is 2. The normalized spacial score (nSPS) is 28.2. The third-order valence-electron chi connectivity index (χ3n) is 5.70. The van der Waals surface area contributed by atoms with Crippen molar-refractivity contribution in [3.8, 4) is 6.07 Å². The summed E-state index contributed by atoms with van der Waals surface area (Å²) < 4.78 is 4.76. The first-order chi connectivity index (χ1) is 13.5. The van der Waals surface area contributed by atoms with Crippen LogP contribution in [-0.2, 0) is 19.1 Å². The Hall–Kier alpha value is -3.40. The molecule has 1 aromatic carbocycles. The van der Waals surface area contributed by atoms with Crippen molar-refractivity contribution in [3.05, 3.63) is 47.6 Å². The monoisotopic (exact) mass is 378 g/mol. The zero-order chi connectivity index (χ0) is 20.0. The molecule has 0 spiro atoms. The highest BCUT2D eigenvalue weighted by Gasteiger charge is 2.59. The predicted molar refractivity (Wildman–Crippen MR) is 98.4 cm³/mol. The molecule has 2 bridgehead atoms. The number of nitriles is 1. The third kappa shape index (κ3) is 2.53. The number of ether oxygens (including phenoxy) is 1. The highest BCUT2D eigenvalue weighted by atomic mass is 16.5. The number of fused-ring (bicyclic) bond motifs is 5. The van der Waals surface area contributed by atoms with Crippen molar-refractivity contribution in [3.63, 3.8) is 0 Å². The summed E-state index contributed by atoms with van der Waals surface area (Å²) in [7, 11) is 0. The number of rotatable bonds is 4. The molecular weight excluding hydrogens is 360 g/mol. The van der Waals surface area contributed by atoms with Gasteiger partial charge in [-0.1, -0.05) is 12.2 Å². The molecule has 142 valence electrons. The molecule has 0 radical (unpaired) electrons. The fourth-order valence-corrected chi connectivity index (χ4v) is 4.47. The van der Waals surface area contributed by atoms with Gasteiger partial charge in [0.2, 0.25) is 11.8 Å². The van der Waals surface area contributed by atoms with E-state index in [2.05, 4.69) is 0 Å². The molecule has 2 amide bonds. The van der Waals surface area contributed by atoms with E-state index in [1.165, 1.54) is 29.2 Å². The molecule has 0 aromatic heterocycles. The van der Waals surface area contributed by atoms with Crippen molar-refractivity contribution >= 4 is 29.2 Å². The van der Waals surface area contributed by atoms with Crippen molar-refractivity contribution in [1.29, 1.82) is 5.26 Å². The number of imide groups is 1. The SMILES string of the molecule is CCOC(=O)/C(C#N)=C(\O)c1ccc(N2C(=O)[C@@H]3[C@H](C2=O)[C@H]2C=C[C@H]3C2)cc1. The molecule has 1 saturated carbocycles. The molecule has 4 rings (SSSR count). The van der Waals surface area contributed by atoms with Gasteiger partial charge in [0, 0.05) is 5.56 Å². The number of allylic oxidation sites excluding steroid dienone is 2. The minimum atomic E-state index is -0.910. The Kier molecular flexibility index (Phi) is 4.27. The smallest absolute Gasteiger partial charge is 0.352 e. The number of benzene rings is 1. The Morgan fingerprint density at radius 1 is 1.18 bits per heavy atom. The summed E-state index contributed by atoms with van der Waals surface area (Å²) in [5.74, 6) is -2.12. The van der Waals surface area contributed by atoms with E-state index in [4.69, 9.17) is 10.00 Å². The molecule has 7 nitrogen and oxygen atoms in total. The van der Waals surface area contributed by atoms with Gasteiger partial charge in [0.1, 0.15) is 11.8 Å². The Balaban J connectivity index is 1.61. The van der Waals surface area contributed by atoms with Crippen LogP contribution in [-0.4, -0.2) is 29.5 Å². The summed E-state index contributed by atoms with van der Waals surface area (Å²) in [5, 5.41) is 19.4. The van der Waals surface area contributed by atoms with Crippen LogP contribution in [0.4, 0.5) is 5.69 Å². The summed E-state index contributed by atoms with van der Waals surface area (Å²) in [4.78, 5) is 38.6. The van der Waals surface area contributed by atoms with Gasteiger partial charge in [-0.15, -0.1) is 0 Å². The second-order valence-corrected chi connectivity index (χ2v) is 7.11. The van der Waals surface area contributed by atoms with Crippen LogP contribution >= 0.6 is 0 Å². The Labute approximate surface area is 161 Å². The lowest BCUT2D eigenvalue weighted by Gasteiger charge is -2.17. The van der Waals surface area contributed by atoms with Gasteiger partial charge in [-0.25, -0.2) is 4.79 Å². The molecule has 1 heterocycles. The van der Waals surface area contributed by atoms with Gasteiger partial charge >= 0.3 is 5.97 Å². The molecule has 1 N–H and O–H groups in total. The Morgan fingerprint density at radius 3 is 2.25 bits per heavy atom. The molecule has 2 fully saturated rings. The number of hydrogen-bond acceptors (Lipinski definition) is 6. The average Bonchev–Trinajstić information content (AvgIpc) is 3.36. The quantitative estimate of drug-likeness (QED) is 0.215. The number of carbonyl (C=O) groups excluding carboxylic acids is 3. The van der Waals surface area contributed by atoms with Crippen LogP contribution in [0.15, 0.2) is 42.0 Å². The highest BCUT2D eigenvalue weighted by molar-refractivity contribution is 6.22. The number of anilines is 1. The number of aliphatic hydroxyl groups is 1. The number of esters is 1. The van der Waals surface area contributed by atoms with E-state index < -0.39 is 17.3 Å². The first-order valence-corrected chi connectivity index (χ1v) is 9.15. The molecule has 28 heavy (non-hydrogen) atoms. The maximum Gasteiger partial charge on any atom is 0.352 e. The van der Waals surface area contributed by atoms with E-state index in [9.17, 15) is 19.5 Å². The van der Waals surface area contributed by atoms with Crippen LogP contribution in [0.25, 0.3) is 5.76 Å². The average molecular weight is 378 g/mol. The van der Waals surface area contributed by atoms with E-state index in [1.807, 2.05) is 12.2 Å². The van der Waals surface area contributed by atoms with Crippen LogP contribution in [0.1, 0.15) is 18.9 Å². The van der Waals surface area contributed by atoms with Crippen molar-refractivity contribution in [2.75, 3.05) is 11.5 Å². The second kappa shape index (κ2) is 6.64. The van der Waals surface area contributed by atoms with Gasteiger partial charge < -0.3 is 9.84 Å². The number of hydrogen-bond donors (Lipinski definition) is 1. The van der Waals surface area contributed by atoms with Crippen molar-refractivity contribution in [1.82, 2.24) is 0 Å². The molecule has 1 aromatic rings. The van der Waals surface area contributed by atoms with Gasteiger partial charge in [-0.2, -0.15) is 5.26 Å². The lowest BCUT2D eigenvalue weighted by atomic mass is 9.85. The summed E-state index contributed by atoms with van der Waals surface area (Å²) in [6, 6.07) is 7.62. The van der Waals surface area contributed by atoms with Gasteiger partial charge in [-0.3, -0.25) is 14.5 Å². The van der Waals surface area contributed by atoms with Crippen LogP contribution in [0.5, 0.6) is 0 Å². The highest BCUT2D eigenvalue weighted by Crippen LogP contribution is 2.53. The van der Waals surface area contributed by atoms with E-state index in [1.54, 1.807) is 13.0 Å². The van der Waals surface area contributed by atoms with Gasteiger partial charge in [0.15, 0.2) is 5.57 Å². The number of aliphatic hydroxyl groups excluding tert-OH is 1. The van der Waals surface area contributed by atoms with E-state index in [0.29, 0.717) is 5.69 Å². The summed E-state index contributed by atoms with van der Waals surface area (Å²) in [5.41, 5.74) is 0.129. The number of carbonyl (C=O) groups is 3. The Bertz CT molecular complexity index is 940. The van der Waals surface area contributed by atoms with Crippen LogP contribution in [0.3, 0.4) is 0 Å². The fraction of sp³-hybridized carbons (Fsp3) is 0.333. The molecule has 0 unspecified atom stereocenters. The predicted octanol–water partition coefficient (Wildman–Crippen LogP) is 2.35. The second-order valence-electron chi connectivity index (χ2n) is 7.11. The van der Waals surface area contributed by atoms with Crippen LogP contribution in [0, 0.1) is 35.0 Å². The Morgan fingerprint density at radius 2 is 1.75 bits per heavy atom. The lowest BCUT2D eigenvalue weighted by Crippen LogP contribution is -2.32. The fourth-order valence-electron chi connectivity index (χ4n) is 4.47. The summed E-state index contributed by atoms with van der Waals surface area (Å²) in [6.45, 7) is 1.68. The maximum absolute atomic E-state index is 12.8. The van der Waals surface area contributed by atoms with E-state index >= 15 is 0 Å². The van der Waals surface area contributed by atoms with Gasteiger partial charge in [0.25, 0.3) is 0 Å². The third-order valence-corrected chi connectivity index (χ3v) is 5.70. The van der Waals surface area contributed by atoms with Crippen molar-refractivity contribution in [2.24, 2.45) is 23.7 Å². The van der Waals surface area contributed by atoms with Gasteiger partial charge in [0.05, 0.1) is 24.1 Å². The van der Waals surface area contributed by atoms with Gasteiger partial charge in [-0.05, 0) is 49.4 Å². The van der Waals surface area contributed by atoms with E-state index in [-0.39, 0.29) is 47.7 Å². The summed E-state index contributed by atoms with van der Waals surface area (Å²) in [6.07, 6.45) is 4.93. The van der Waals surface area contributed by atoms with Crippen molar-refractivity contribution < 1.29 is 24.2 Å².